The summed E-state index contributed by atoms with van der Waals surface area (Å²) in [6.45, 7) is 0. The van der Waals surface area contributed by atoms with Crippen LogP contribution in [0.25, 0.3) is 39.2 Å². The van der Waals surface area contributed by atoms with Crippen LogP contribution in [0.1, 0.15) is 0 Å². The van der Waals surface area contributed by atoms with Crippen LogP contribution in [0.2, 0.25) is 0 Å². The number of methoxy groups -OCH3 is 1. The van der Waals surface area contributed by atoms with Gasteiger partial charge in [0.2, 0.25) is 5.82 Å². The van der Waals surface area contributed by atoms with Crippen molar-refractivity contribution in [3.05, 3.63) is 72.8 Å². The van der Waals surface area contributed by atoms with Gasteiger partial charge in [0.15, 0.2) is 17.3 Å². The molecular weight excluding hydrogens is 430 g/mol. The van der Waals surface area contributed by atoms with Gasteiger partial charge in [0.25, 0.3) is 0 Å². The Hall–Kier alpha value is -4.86. The second kappa shape index (κ2) is 7.93. The first kappa shape index (κ1) is 19.8. The second-order valence-electron chi connectivity index (χ2n) is 7.69. The molecule has 10 heteroatoms. The van der Waals surface area contributed by atoms with E-state index in [1.165, 1.54) is 4.80 Å². The maximum absolute atomic E-state index is 5.27. The zero-order valence-electron chi connectivity index (χ0n) is 18.4. The molecule has 0 unspecified atom stereocenters. The summed E-state index contributed by atoms with van der Waals surface area (Å²) in [5.41, 5.74) is 3.34. The van der Waals surface area contributed by atoms with Crippen LogP contribution in [0, 0.1) is 0 Å². The van der Waals surface area contributed by atoms with E-state index >= 15 is 0 Å². The van der Waals surface area contributed by atoms with Crippen LogP contribution in [0.15, 0.2) is 72.8 Å². The van der Waals surface area contributed by atoms with Crippen LogP contribution in [-0.2, 0) is 7.05 Å². The fraction of sp³-hybridized carbons (Fsp3) is 0.0833. The van der Waals surface area contributed by atoms with Gasteiger partial charge in [0.05, 0.1) is 14.2 Å². The highest BCUT2D eigenvalue weighted by atomic mass is 16.5. The van der Waals surface area contributed by atoms with Crippen LogP contribution in [0.4, 0.5) is 11.5 Å². The quantitative estimate of drug-likeness (QED) is 0.422. The number of nitrogens with zero attached hydrogens (tertiary/aromatic N) is 8. The molecular formula is C24H19N9O. The molecule has 1 N–H and O–H groups in total. The Morgan fingerprint density at radius 1 is 0.765 bits per heavy atom. The zero-order chi connectivity index (χ0) is 23.1. The molecule has 3 heterocycles. The summed E-state index contributed by atoms with van der Waals surface area (Å²) in [7, 11) is 3.38. The lowest BCUT2D eigenvalue weighted by Crippen LogP contribution is -2.02. The van der Waals surface area contributed by atoms with E-state index in [-0.39, 0.29) is 0 Å². The van der Waals surface area contributed by atoms with Crippen LogP contribution >= 0.6 is 0 Å². The fourth-order valence-electron chi connectivity index (χ4n) is 3.83. The maximum atomic E-state index is 5.27. The highest BCUT2D eigenvalue weighted by Gasteiger charge is 2.16. The molecule has 34 heavy (non-hydrogen) atoms. The van der Waals surface area contributed by atoms with Crippen molar-refractivity contribution in [2.75, 3.05) is 12.4 Å². The highest BCUT2D eigenvalue weighted by Crippen LogP contribution is 2.30. The van der Waals surface area contributed by atoms with Crippen molar-refractivity contribution >= 4 is 27.9 Å². The van der Waals surface area contributed by atoms with Crippen molar-refractivity contribution in [2.24, 2.45) is 7.05 Å². The third kappa shape index (κ3) is 3.37. The van der Waals surface area contributed by atoms with Gasteiger partial charge in [-0.25, -0.2) is 0 Å². The van der Waals surface area contributed by atoms with Crippen molar-refractivity contribution < 1.29 is 4.74 Å². The van der Waals surface area contributed by atoms with Crippen molar-refractivity contribution in [2.45, 2.75) is 0 Å². The van der Waals surface area contributed by atoms with Gasteiger partial charge < -0.3 is 10.1 Å². The SMILES string of the molecule is COc1ccc(-c2nnc3c4ccccc4c(Nc4ccc(-c5nnn(C)n5)cc4)nn23)cc1. The molecule has 6 aromatic rings. The molecule has 0 bridgehead atoms. The largest absolute Gasteiger partial charge is 0.497 e. The van der Waals surface area contributed by atoms with Crippen LogP contribution in [0.5, 0.6) is 5.75 Å². The number of rotatable bonds is 5. The number of aryl methyl sites for hydroxylation is 1. The minimum absolute atomic E-state index is 0.577. The van der Waals surface area contributed by atoms with E-state index < -0.39 is 0 Å². The summed E-state index contributed by atoms with van der Waals surface area (Å²) in [5.74, 6) is 2.70. The number of fused-ring (bicyclic) bond motifs is 3. The molecule has 166 valence electrons. The molecule has 6 rings (SSSR count). The number of hydrogen-bond acceptors (Lipinski definition) is 8. The minimum atomic E-state index is 0.577. The Balaban J connectivity index is 1.43. The third-order valence-corrected chi connectivity index (χ3v) is 5.53. The Morgan fingerprint density at radius 3 is 2.21 bits per heavy atom. The molecule has 0 radical (unpaired) electrons. The molecule has 0 aliphatic rings. The molecule has 0 fully saturated rings. The minimum Gasteiger partial charge on any atom is -0.497 e. The zero-order valence-corrected chi connectivity index (χ0v) is 18.4. The van der Waals surface area contributed by atoms with Crippen molar-refractivity contribution in [3.63, 3.8) is 0 Å². The first-order valence-corrected chi connectivity index (χ1v) is 10.6. The molecule has 0 saturated heterocycles. The molecule has 0 atom stereocenters. The normalized spacial score (nSPS) is 11.2. The molecule has 0 amide bonds. The standard InChI is InChI=1S/C24H19N9O/c1-32-29-21(26-31-32)15-7-11-17(12-8-15)25-22-19-5-3-4-6-20(19)24-28-27-23(33(24)30-22)16-9-13-18(34-2)14-10-16/h3-14H,1-2H3,(H,25,30). The predicted octanol–water partition coefficient (Wildman–Crippen LogP) is 3.89. The first-order chi connectivity index (χ1) is 16.7. The molecule has 3 aromatic heterocycles. The van der Waals surface area contributed by atoms with Gasteiger partial charge in [-0.2, -0.15) is 9.31 Å². The van der Waals surface area contributed by atoms with E-state index in [2.05, 4.69) is 30.9 Å². The Bertz CT molecular complexity index is 1620. The molecule has 3 aromatic carbocycles. The first-order valence-electron chi connectivity index (χ1n) is 10.6. The lowest BCUT2D eigenvalue weighted by molar-refractivity contribution is 0.415. The monoisotopic (exact) mass is 449 g/mol. The number of ether oxygens (including phenoxy) is 1. The molecule has 0 aliphatic carbocycles. The average Bonchev–Trinajstić information content (AvgIpc) is 3.51. The molecule has 10 nitrogen and oxygen atoms in total. The summed E-state index contributed by atoms with van der Waals surface area (Å²) < 4.78 is 7.04. The van der Waals surface area contributed by atoms with Gasteiger partial charge in [-0.1, -0.05) is 24.3 Å². The molecule has 0 spiro atoms. The highest BCUT2D eigenvalue weighted by molar-refractivity contribution is 6.01. The maximum Gasteiger partial charge on any atom is 0.204 e. The van der Waals surface area contributed by atoms with Gasteiger partial charge in [-0.05, 0) is 53.7 Å². The summed E-state index contributed by atoms with van der Waals surface area (Å²) in [5, 5.41) is 31.3. The van der Waals surface area contributed by atoms with Gasteiger partial charge in [-0.3, -0.25) is 0 Å². The smallest absolute Gasteiger partial charge is 0.204 e. The topological polar surface area (TPSA) is 108 Å². The number of tetrazole rings is 1. The van der Waals surface area contributed by atoms with Crippen LogP contribution in [-0.4, -0.2) is 47.1 Å². The number of hydrogen-bond donors (Lipinski definition) is 1. The molecule has 0 aliphatic heterocycles. The van der Waals surface area contributed by atoms with Crippen molar-refractivity contribution in [1.29, 1.82) is 0 Å². The van der Waals surface area contributed by atoms with E-state index in [4.69, 9.17) is 9.84 Å². The van der Waals surface area contributed by atoms with Crippen molar-refractivity contribution in [3.8, 4) is 28.5 Å². The number of benzene rings is 3. The Labute approximate surface area is 193 Å². The van der Waals surface area contributed by atoms with Gasteiger partial charge in [-0.15, -0.1) is 25.5 Å². The molecule has 0 saturated carbocycles. The van der Waals surface area contributed by atoms with E-state index in [9.17, 15) is 0 Å². The van der Waals surface area contributed by atoms with E-state index in [1.54, 1.807) is 18.7 Å². The summed E-state index contributed by atoms with van der Waals surface area (Å²) >= 11 is 0. The number of anilines is 2. The third-order valence-electron chi connectivity index (χ3n) is 5.53. The second-order valence-corrected chi connectivity index (χ2v) is 7.69. The van der Waals surface area contributed by atoms with Gasteiger partial charge >= 0.3 is 0 Å². The predicted molar refractivity (Wildman–Crippen MR) is 128 cm³/mol. The van der Waals surface area contributed by atoms with E-state index in [0.717, 1.165) is 33.3 Å². The number of aromatic nitrogens is 8. The van der Waals surface area contributed by atoms with E-state index in [0.29, 0.717) is 23.1 Å². The summed E-state index contributed by atoms with van der Waals surface area (Å²) in [4.78, 5) is 1.44. The summed E-state index contributed by atoms with van der Waals surface area (Å²) in [6.07, 6.45) is 0. The average molecular weight is 449 g/mol. The van der Waals surface area contributed by atoms with Gasteiger partial charge in [0, 0.05) is 27.6 Å². The van der Waals surface area contributed by atoms with E-state index in [1.807, 2.05) is 72.8 Å². The van der Waals surface area contributed by atoms with Crippen LogP contribution < -0.4 is 10.1 Å². The number of nitrogens with one attached hydrogen (secondary N) is 1. The van der Waals surface area contributed by atoms with Gasteiger partial charge in [0.1, 0.15) is 5.75 Å². The Morgan fingerprint density at radius 2 is 1.50 bits per heavy atom. The lowest BCUT2D eigenvalue weighted by atomic mass is 10.1. The lowest BCUT2D eigenvalue weighted by Gasteiger charge is -2.11. The van der Waals surface area contributed by atoms with Crippen LogP contribution in [0.3, 0.4) is 0 Å². The van der Waals surface area contributed by atoms with Crippen molar-refractivity contribution in [1.82, 2.24) is 40.0 Å². The summed E-state index contributed by atoms with van der Waals surface area (Å²) in [6, 6.07) is 23.5. The Kier molecular flexibility index (Phi) is 4.61. The fourth-order valence-corrected chi connectivity index (χ4v) is 3.83.